The number of nitrogens with one attached hydrogen (secondary N) is 1. The zero-order valence-corrected chi connectivity index (χ0v) is 17.9. The molecule has 1 heterocycles. The third-order valence-electron chi connectivity index (χ3n) is 4.23. The first-order valence-electron chi connectivity index (χ1n) is 8.46. The van der Waals surface area contributed by atoms with Gasteiger partial charge in [-0.25, -0.2) is 13.1 Å². The number of hydrogen-bond acceptors (Lipinski definition) is 5. The predicted octanol–water partition coefficient (Wildman–Crippen LogP) is 2.76. The molecule has 0 bridgehead atoms. The van der Waals surface area contributed by atoms with Gasteiger partial charge in [0, 0.05) is 12.1 Å². The number of hydroxylamine groups is 1. The Hall–Kier alpha value is -1.16. The molecule has 1 fully saturated rings. The fourth-order valence-corrected chi connectivity index (χ4v) is 5.53. The minimum atomic E-state index is -3.49. The van der Waals surface area contributed by atoms with Gasteiger partial charge in [-0.1, -0.05) is 37.3 Å². The Morgan fingerprint density at radius 1 is 1.38 bits per heavy atom. The van der Waals surface area contributed by atoms with E-state index in [-0.39, 0.29) is 9.64 Å². The summed E-state index contributed by atoms with van der Waals surface area (Å²) in [5.74, 6) is 0. The zero-order chi connectivity index (χ0) is 19.5. The molecule has 0 aliphatic carbocycles. The number of benzene rings is 1. The molecule has 0 amide bonds. The molecule has 1 aromatic carbocycles. The monoisotopic (exact) mass is 415 g/mol. The number of hydrogen-bond donors (Lipinski definition) is 1. The molecule has 1 aliphatic rings. The Morgan fingerprint density at radius 2 is 2.00 bits per heavy atom. The van der Waals surface area contributed by atoms with Gasteiger partial charge in [0.05, 0.1) is 4.90 Å². The third-order valence-corrected chi connectivity index (χ3v) is 7.29. The van der Waals surface area contributed by atoms with Crippen molar-refractivity contribution in [2.24, 2.45) is 0 Å². The summed E-state index contributed by atoms with van der Waals surface area (Å²) in [5, 5.41) is 12.9. The van der Waals surface area contributed by atoms with Crippen LogP contribution >= 0.6 is 24.0 Å². The Morgan fingerprint density at radius 3 is 2.54 bits per heavy atom. The average molecular weight is 416 g/mol. The van der Waals surface area contributed by atoms with Crippen molar-refractivity contribution in [3.05, 3.63) is 35.0 Å². The molecule has 1 N–H and O–H groups in total. The summed E-state index contributed by atoms with van der Waals surface area (Å²) in [4.78, 5) is 2.16. The van der Waals surface area contributed by atoms with Crippen molar-refractivity contribution in [2.45, 2.75) is 49.4 Å². The summed E-state index contributed by atoms with van der Waals surface area (Å²) >= 11 is 7.02. The third kappa shape index (κ3) is 4.57. The quantitative estimate of drug-likeness (QED) is 0.243. The lowest BCUT2D eigenvalue weighted by atomic mass is 10.1. The molecule has 0 saturated carbocycles. The van der Waals surface area contributed by atoms with Crippen LogP contribution in [0.2, 0.25) is 0 Å². The van der Waals surface area contributed by atoms with Crippen molar-refractivity contribution >= 4 is 44.5 Å². The number of rotatable bonds is 7. The van der Waals surface area contributed by atoms with Crippen molar-refractivity contribution in [1.29, 1.82) is 0 Å². The van der Waals surface area contributed by atoms with Gasteiger partial charge in [0.1, 0.15) is 9.07 Å². The van der Waals surface area contributed by atoms with Gasteiger partial charge < -0.3 is 5.21 Å². The highest BCUT2D eigenvalue weighted by molar-refractivity contribution is 8.24. The van der Waals surface area contributed by atoms with Gasteiger partial charge in [-0.2, -0.15) is 4.74 Å². The van der Waals surface area contributed by atoms with Gasteiger partial charge >= 0.3 is 0 Å². The molecule has 0 radical (unpaired) electrons. The standard InChI is InChI=1S/C17H25N3O3S3/c1-5-6-11-19-15(17(2,3)25-16(19)24)20(21)12-13-7-9-14(10-8-13)26(22,23)18-4/h7-10,12,15,18H,5-6,11H2,1-4H3. The second kappa shape index (κ2) is 8.24. The van der Waals surface area contributed by atoms with E-state index in [2.05, 4.69) is 11.6 Å². The Balaban J connectivity index is 2.30. The number of unbranched alkanes of at least 4 members (excludes halogenated alkanes) is 1. The number of nitrogens with zero attached hydrogens (tertiary/aromatic N) is 2. The SMILES string of the molecule is CCCCN1C(=S)SC(C)(C)C1[N+]([O-])=Cc1ccc(S(=O)(=O)NC)cc1. The molecule has 0 spiro atoms. The summed E-state index contributed by atoms with van der Waals surface area (Å²) in [5.41, 5.74) is 0.643. The molecule has 2 rings (SSSR count). The predicted molar refractivity (Wildman–Crippen MR) is 111 cm³/mol. The van der Waals surface area contributed by atoms with E-state index < -0.39 is 16.2 Å². The maximum absolute atomic E-state index is 12.9. The number of sulfonamides is 1. The smallest absolute Gasteiger partial charge is 0.254 e. The Kier molecular flexibility index (Phi) is 6.70. The van der Waals surface area contributed by atoms with Crippen LogP contribution in [0.5, 0.6) is 0 Å². The first-order valence-corrected chi connectivity index (χ1v) is 11.2. The van der Waals surface area contributed by atoms with E-state index in [1.165, 1.54) is 25.4 Å². The van der Waals surface area contributed by atoms with Crippen LogP contribution in [-0.2, 0) is 10.0 Å². The largest absolute Gasteiger partial charge is 0.622 e. The van der Waals surface area contributed by atoms with Gasteiger partial charge in [0.2, 0.25) is 10.0 Å². The highest BCUT2D eigenvalue weighted by Gasteiger charge is 2.50. The van der Waals surface area contributed by atoms with E-state index in [9.17, 15) is 13.6 Å². The van der Waals surface area contributed by atoms with E-state index in [0.717, 1.165) is 28.4 Å². The summed E-state index contributed by atoms with van der Waals surface area (Å²) in [6.45, 7) is 6.89. The molecular formula is C17H25N3O3S3. The molecule has 1 saturated heterocycles. The first-order chi connectivity index (χ1) is 12.1. The molecule has 26 heavy (non-hydrogen) atoms. The summed E-state index contributed by atoms with van der Waals surface area (Å²) in [6.07, 6.45) is 3.10. The highest BCUT2D eigenvalue weighted by atomic mass is 32.2. The van der Waals surface area contributed by atoms with E-state index in [4.69, 9.17) is 12.2 Å². The van der Waals surface area contributed by atoms with E-state index in [0.29, 0.717) is 5.56 Å². The number of thiocarbonyl (C=S) groups is 1. The summed E-state index contributed by atoms with van der Waals surface area (Å²) < 4.78 is 27.2. The average Bonchev–Trinajstić information content (AvgIpc) is 2.81. The lowest BCUT2D eigenvalue weighted by molar-refractivity contribution is -0.523. The Bertz CT molecular complexity index is 789. The molecule has 144 valence electrons. The molecule has 0 aromatic heterocycles. The Labute approximate surface area is 165 Å². The molecule has 1 aromatic rings. The van der Waals surface area contributed by atoms with E-state index in [1.54, 1.807) is 23.9 Å². The zero-order valence-electron chi connectivity index (χ0n) is 15.4. The second-order valence-electron chi connectivity index (χ2n) is 6.66. The summed E-state index contributed by atoms with van der Waals surface area (Å²) in [6, 6.07) is 6.22. The van der Waals surface area contributed by atoms with Crippen LogP contribution in [-0.4, -0.2) is 53.1 Å². The van der Waals surface area contributed by atoms with Crippen LogP contribution in [0.4, 0.5) is 0 Å². The van der Waals surface area contributed by atoms with Crippen LogP contribution in [0.15, 0.2) is 29.2 Å². The molecule has 9 heteroatoms. The van der Waals surface area contributed by atoms with Gasteiger partial charge in [0.25, 0.3) is 6.17 Å². The topological polar surface area (TPSA) is 75.5 Å². The van der Waals surface area contributed by atoms with Gasteiger partial charge in [0.15, 0.2) is 6.21 Å². The van der Waals surface area contributed by atoms with Crippen LogP contribution in [0, 0.1) is 5.21 Å². The van der Waals surface area contributed by atoms with Crippen molar-refractivity contribution in [3.8, 4) is 0 Å². The van der Waals surface area contributed by atoms with Crippen molar-refractivity contribution in [1.82, 2.24) is 9.62 Å². The molecular weight excluding hydrogens is 390 g/mol. The fourth-order valence-electron chi connectivity index (χ4n) is 2.87. The van der Waals surface area contributed by atoms with Crippen LogP contribution in [0.1, 0.15) is 39.2 Å². The van der Waals surface area contributed by atoms with Gasteiger partial charge in [-0.3, -0.25) is 4.90 Å². The van der Waals surface area contributed by atoms with Crippen molar-refractivity contribution in [3.63, 3.8) is 0 Å². The van der Waals surface area contributed by atoms with E-state index in [1.807, 2.05) is 18.7 Å². The van der Waals surface area contributed by atoms with Crippen LogP contribution in [0.25, 0.3) is 0 Å². The maximum atomic E-state index is 12.9. The molecule has 1 unspecified atom stereocenters. The summed E-state index contributed by atoms with van der Waals surface area (Å²) in [7, 11) is -2.12. The lowest BCUT2D eigenvalue weighted by Crippen LogP contribution is -2.48. The van der Waals surface area contributed by atoms with Crippen molar-refractivity contribution in [2.75, 3.05) is 13.6 Å². The minimum absolute atomic E-state index is 0.164. The molecule has 1 atom stereocenters. The normalized spacial score (nSPS) is 20.6. The van der Waals surface area contributed by atoms with Crippen LogP contribution < -0.4 is 4.72 Å². The molecule has 1 aliphatic heterocycles. The highest BCUT2D eigenvalue weighted by Crippen LogP contribution is 2.41. The van der Waals surface area contributed by atoms with Crippen molar-refractivity contribution < 1.29 is 13.2 Å². The second-order valence-corrected chi connectivity index (χ2v) is 10.8. The van der Waals surface area contributed by atoms with Gasteiger partial charge in [-0.15, -0.1) is 0 Å². The maximum Gasteiger partial charge on any atom is 0.254 e. The van der Waals surface area contributed by atoms with E-state index >= 15 is 0 Å². The lowest BCUT2D eigenvalue weighted by Gasteiger charge is -2.29. The van der Waals surface area contributed by atoms with Crippen LogP contribution in [0.3, 0.4) is 0 Å². The fraction of sp³-hybridized carbons (Fsp3) is 0.529. The first kappa shape index (κ1) is 21.1. The van der Waals surface area contributed by atoms with Gasteiger partial charge in [-0.05, 0) is 51.6 Å². The minimum Gasteiger partial charge on any atom is -0.622 e. The molecule has 6 nitrogen and oxygen atoms in total. The number of thioether (sulfide) groups is 1.